The molecule has 110 valence electrons. The average Bonchev–Trinajstić information content (AvgIpc) is 3.17. The standard InChI is InChI=1S/C21H20O/c1-2-14-7-5-9-20(14)21(22)16-10-11-19-17(13-16)12-15-6-3-4-8-18(15)19/h2-4,6,8,10-11,13-14,20H,1,5,7,9,12H2/t14-,20-/m1/s1. The molecule has 2 aromatic rings. The van der Waals surface area contributed by atoms with Gasteiger partial charge in [0.25, 0.3) is 0 Å². The van der Waals surface area contributed by atoms with Crippen LogP contribution in [0.3, 0.4) is 0 Å². The van der Waals surface area contributed by atoms with Gasteiger partial charge < -0.3 is 0 Å². The molecule has 2 aliphatic carbocycles. The smallest absolute Gasteiger partial charge is 0.166 e. The Bertz CT molecular complexity index is 756. The Hall–Kier alpha value is -2.15. The minimum atomic E-state index is 0.138. The molecule has 2 atom stereocenters. The molecule has 0 aliphatic heterocycles. The van der Waals surface area contributed by atoms with Crippen LogP contribution in [0.1, 0.15) is 40.7 Å². The Morgan fingerprint density at radius 3 is 2.73 bits per heavy atom. The molecule has 0 spiro atoms. The molecule has 2 aromatic carbocycles. The lowest BCUT2D eigenvalue weighted by molar-refractivity contribution is 0.0905. The van der Waals surface area contributed by atoms with Gasteiger partial charge in [-0.2, -0.15) is 0 Å². The fraction of sp³-hybridized carbons (Fsp3) is 0.286. The summed E-state index contributed by atoms with van der Waals surface area (Å²) in [5.41, 5.74) is 6.15. The van der Waals surface area contributed by atoms with Crippen molar-refractivity contribution >= 4 is 5.78 Å². The van der Waals surface area contributed by atoms with E-state index in [9.17, 15) is 4.79 Å². The number of carbonyl (C=O) groups is 1. The Morgan fingerprint density at radius 2 is 1.86 bits per heavy atom. The fourth-order valence-corrected chi connectivity index (χ4v) is 4.11. The van der Waals surface area contributed by atoms with Crippen LogP contribution in [-0.4, -0.2) is 5.78 Å². The van der Waals surface area contributed by atoms with Crippen molar-refractivity contribution in [3.05, 3.63) is 71.8 Å². The van der Waals surface area contributed by atoms with Crippen molar-refractivity contribution in [3.8, 4) is 11.1 Å². The maximum absolute atomic E-state index is 12.8. The minimum Gasteiger partial charge on any atom is -0.294 e. The summed E-state index contributed by atoms with van der Waals surface area (Å²) < 4.78 is 0. The van der Waals surface area contributed by atoms with Crippen molar-refractivity contribution in [2.24, 2.45) is 11.8 Å². The molecule has 1 heteroatoms. The molecule has 1 saturated carbocycles. The normalized spacial score (nSPS) is 22.2. The highest BCUT2D eigenvalue weighted by Crippen LogP contribution is 2.39. The minimum absolute atomic E-state index is 0.138. The topological polar surface area (TPSA) is 17.1 Å². The molecule has 2 aliphatic rings. The number of allylic oxidation sites excluding steroid dienone is 1. The number of hydrogen-bond donors (Lipinski definition) is 0. The van der Waals surface area contributed by atoms with Gasteiger partial charge in [-0.25, -0.2) is 0 Å². The van der Waals surface area contributed by atoms with E-state index >= 15 is 0 Å². The summed E-state index contributed by atoms with van der Waals surface area (Å²) >= 11 is 0. The number of fused-ring (bicyclic) bond motifs is 3. The lowest BCUT2D eigenvalue weighted by Crippen LogP contribution is -2.17. The highest BCUT2D eigenvalue weighted by molar-refractivity contribution is 5.99. The molecule has 4 rings (SSSR count). The van der Waals surface area contributed by atoms with Crippen LogP contribution in [0.15, 0.2) is 55.1 Å². The van der Waals surface area contributed by atoms with E-state index in [0.717, 1.165) is 31.2 Å². The van der Waals surface area contributed by atoms with Gasteiger partial charge in [0.05, 0.1) is 0 Å². The Balaban J connectivity index is 1.67. The van der Waals surface area contributed by atoms with Crippen molar-refractivity contribution in [3.63, 3.8) is 0 Å². The summed E-state index contributed by atoms with van der Waals surface area (Å²) in [5.74, 6) is 0.804. The van der Waals surface area contributed by atoms with E-state index in [1.807, 2.05) is 12.1 Å². The first-order chi connectivity index (χ1) is 10.8. The van der Waals surface area contributed by atoms with Crippen molar-refractivity contribution in [1.82, 2.24) is 0 Å². The lowest BCUT2D eigenvalue weighted by Gasteiger charge is -2.15. The molecule has 0 amide bonds. The molecule has 0 unspecified atom stereocenters. The van der Waals surface area contributed by atoms with Crippen molar-refractivity contribution < 1.29 is 4.79 Å². The maximum atomic E-state index is 12.8. The fourth-order valence-electron chi connectivity index (χ4n) is 4.11. The highest BCUT2D eigenvalue weighted by Gasteiger charge is 2.32. The summed E-state index contributed by atoms with van der Waals surface area (Å²) in [6.45, 7) is 3.90. The van der Waals surface area contributed by atoms with Crippen LogP contribution in [0.2, 0.25) is 0 Å². The zero-order valence-electron chi connectivity index (χ0n) is 12.7. The van der Waals surface area contributed by atoms with E-state index < -0.39 is 0 Å². The van der Waals surface area contributed by atoms with Crippen LogP contribution < -0.4 is 0 Å². The van der Waals surface area contributed by atoms with Crippen molar-refractivity contribution in [2.45, 2.75) is 25.7 Å². The number of carbonyl (C=O) groups excluding carboxylic acids is 1. The Kier molecular flexibility index (Phi) is 3.22. The SMILES string of the molecule is C=C[C@@H]1CCC[C@H]1C(=O)c1ccc2c(c1)Cc1ccccc1-2. The number of ketones is 1. The summed E-state index contributed by atoms with van der Waals surface area (Å²) in [6.07, 6.45) is 6.17. The number of hydrogen-bond acceptors (Lipinski definition) is 1. The molecular formula is C21H20O. The van der Waals surface area contributed by atoms with Crippen LogP contribution in [-0.2, 0) is 6.42 Å². The van der Waals surface area contributed by atoms with Gasteiger partial charge in [0.2, 0.25) is 0 Å². The number of Topliss-reactive ketones (excluding diaryl/α,β-unsaturated/α-hetero) is 1. The Labute approximate surface area is 131 Å². The summed E-state index contributed by atoms with van der Waals surface area (Å²) in [4.78, 5) is 12.8. The molecule has 22 heavy (non-hydrogen) atoms. The van der Waals surface area contributed by atoms with E-state index in [0.29, 0.717) is 11.7 Å². The zero-order chi connectivity index (χ0) is 15.1. The van der Waals surface area contributed by atoms with E-state index in [-0.39, 0.29) is 5.92 Å². The van der Waals surface area contributed by atoms with E-state index in [2.05, 4.69) is 43.0 Å². The molecule has 0 N–H and O–H groups in total. The van der Waals surface area contributed by atoms with E-state index in [1.54, 1.807) is 0 Å². The first kappa shape index (κ1) is 13.5. The van der Waals surface area contributed by atoms with Gasteiger partial charge in [0, 0.05) is 11.5 Å². The second-order valence-corrected chi connectivity index (χ2v) is 6.51. The molecule has 1 fully saturated rings. The lowest BCUT2D eigenvalue weighted by atomic mass is 9.87. The van der Waals surface area contributed by atoms with Gasteiger partial charge >= 0.3 is 0 Å². The van der Waals surface area contributed by atoms with Crippen LogP contribution >= 0.6 is 0 Å². The quantitative estimate of drug-likeness (QED) is 0.487. The third-order valence-corrected chi connectivity index (χ3v) is 5.29. The Morgan fingerprint density at radius 1 is 1.05 bits per heavy atom. The monoisotopic (exact) mass is 288 g/mol. The number of benzene rings is 2. The van der Waals surface area contributed by atoms with Crippen LogP contribution in [0.25, 0.3) is 11.1 Å². The van der Waals surface area contributed by atoms with Gasteiger partial charge in [-0.15, -0.1) is 6.58 Å². The van der Waals surface area contributed by atoms with Gasteiger partial charge in [0.15, 0.2) is 5.78 Å². The van der Waals surface area contributed by atoms with E-state index in [1.165, 1.54) is 22.3 Å². The second-order valence-electron chi connectivity index (χ2n) is 6.51. The predicted molar refractivity (Wildman–Crippen MR) is 90.0 cm³/mol. The third-order valence-electron chi connectivity index (χ3n) is 5.29. The summed E-state index contributed by atoms with van der Waals surface area (Å²) in [5, 5.41) is 0. The van der Waals surface area contributed by atoms with Crippen molar-refractivity contribution in [2.75, 3.05) is 0 Å². The molecule has 0 bridgehead atoms. The summed E-state index contributed by atoms with van der Waals surface area (Å²) in [7, 11) is 0. The molecule has 0 heterocycles. The van der Waals surface area contributed by atoms with Gasteiger partial charge in [-0.1, -0.05) is 48.9 Å². The van der Waals surface area contributed by atoms with Gasteiger partial charge in [-0.3, -0.25) is 4.79 Å². The highest BCUT2D eigenvalue weighted by atomic mass is 16.1. The van der Waals surface area contributed by atoms with E-state index in [4.69, 9.17) is 0 Å². The maximum Gasteiger partial charge on any atom is 0.166 e. The van der Waals surface area contributed by atoms with Crippen LogP contribution in [0.4, 0.5) is 0 Å². The largest absolute Gasteiger partial charge is 0.294 e. The molecule has 0 aromatic heterocycles. The molecule has 0 radical (unpaired) electrons. The first-order valence-electron chi connectivity index (χ1n) is 8.16. The number of rotatable bonds is 3. The summed E-state index contributed by atoms with van der Waals surface area (Å²) in [6, 6.07) is 14.8. The first-order valence-corrected chi connectivity index (χ1v) is 8.16. The van der Waals surface area contributed by atoms with Crippen LogP contribution in [0.5, 0.6) is 0 Å². The molecule has 0 saturated heterocycles. The van der Waals surface area contributed by atoms with Crippen molar-refractivity contribution in [1.29, 1.82) is 0 Å². The van der Waals surface area contributed by atoms with Gasteiger partial charge in [0.1, 0.15) is 0 Å². The van der Waals surface area contributed by atoms with Crippen LogP contribution in [0, 0.1) is 11.8 Å². The zero-order valence-corrected chi connectivity index (χ0v) is 12.7. The molecule has 1 nitrogen and oxygen atoms in total. The third kappa shape index (κ3) is 2.04. The average molecular weight is 288 g/mol. The second kappa shape index (κ2) is 5.24. The predicted octanol–water partition coefficient (Wildman–Crippen LogP) is 5.04. The van der Waals surface area contributed by atoms with Gasteiger partial charge in [-0.05, 0) is 53.5 Å². The molecular weight excluding hydrogens is 268 g/mol.